The predicted molar refractivity (Wildman–Crippen MR) is 147 cm³/mol. The summed E-state index contributed by atoms with van der Waals surface area (Å²) >= 11 is 0. The number of fused-ring (bicyclic) bond motifs is 3. The maximum absolute atomic E-state index is 3.90. The van der Waals surface area contributed by atoms with Gasteiger partial charge in [0.05, 0.1) is 25.0 Å². The Bertz CT molecular complexity index is 1450. The molecule has 1 heterocycles. The standard InChI is InChI=1S/C33H30N2/c1-5-9-23-15-19-26(20-16-23)34-31-28-13-7-11-25-12-8-14-29(30(25)28)32(31)35(33(34,3)4)27-21-17-24(10-6-2)18-22-27/h5-8,11-22H,1-2,9-10H2,3-4H3/q+2. The van der Waals surface area contributed by atoms with E-state index in [2.05, 4.69) is 121 Å². The number of hydrogen-bond acceptors (Lipinski definition) is 0. The number of hydrogen-bond donors (Lipinski definition) is 0. The molecule has 0 unspecified atom stereocenters. The zero-order chi connectivity index (χ0) is 24.2. The zero-order valence-corrected chi connectivity index (χ0v) is 20.5. The minimum atomic E-state index is -0.305. The van der Waals surface area contributed by atoms with Crippen LogP contribution in [-0.4, -0.2) is 26.2 Å². The molecule has 2 nitrogen and oxygen atoms in total. The first-order chi connectivity index (χ1) is 17.0. The van der Waals surface area contributed by atoms with Crippen LogP contribution in [0.4, 0.5) is 11.4 Å². The summed E-state index contributed by atoms with van der Waals surface area (Å²) in [5, 5.41) is 2.63. The second-order valence-electron chi connectivity index (χ2n) is 9.89. The van der Waals surface area contributed by atoms with Crippen LogP contribution in [-0.2, 0) is 12.8 Å². The molecule has 0 radical (unpaired) electrons. The van der Waals surface area contributed by atoms with Crippen molar-refractivity contribution in [1.82, 2.24) is 0 Å². The van der Waals surface area contributed by atoms with Crippen LogP contribution in [0.15, 0.2) is 110 Å². The lowest BCUT2D eigenvalue weighted by molar-refractivity contribution is -0.740. The Morgan fingerprint density at radius 3 is 1.46 bits per heavy atom. The third-order valence-corrected chi connectivity index (χ3v) is 7.33. The van der Waals surface area contributed by atoms with Gasteiger partial charge < -0.3 is 0 Å². The van der Waals surface area contributed by atoms with Crippen molar-refractivity contribution >= 4 is 33.6 Å². The van der Waals surface area contributed by atoms with E-state index in [1.165, 1.54) is 55.8 Å². The minimum Gasteiger partial charge on any atom is -0.121 e. The number of allylic oxidation sites excluding steroid dienone is 2. The molecule has 1 aliphatic carbocycles. The molecule has 1 aliphatic heterocycles. The zero-order valence-electron chi connectivity index (χ0n) is 20.5. The van der Waals surface area contributed by atoms with Crippen molar-refractivity contribution in [3.63, 3.8) is 0 Å². The molecule has 0 atom stereocenters. The molecule has 2 heteroatoms. The molecule has 0 bridgehead atoms. The van der Waals surface area contributed by atoms with Crippen LogP contribution < -0.4 is 0 Å². The minimum absolute atomic E-state index is 0.305. The van der Waals surface area contributed by atoms with Gasteiger partial charge in [0.25, 0.3) is 11.4 Å². The van der Waals surface area contributed by atoms with Gasteiger partial charge in [-0.25, -0.2) is 0 Å². The van der Waals surface area contributed by atoms with Crippen LogP contribution in [0.3, 0.4) is 0 Å². The Kier molecular flexibility index (Phi) is 4.93. The lowest BCUT2D eigenvalue weighted by Gasteiger charge is -2.17. The average molecular weight is 455 g/mol. The van der Waals surface area contributed by atoms with Crippen molar-refractivity contribution in [1.29, 1.82) is 0 Å². The highest BCUT2D eigenvalue weighted by Crippen LogP contribution is 2.42. The van der Waals surface area contributed by atoms with E-state index in [9.17, 15) is 0 Å². The van der Waals surface area contributed by atoms with Crippen LogP contribution in [0.2, 0.25) is 0 Å². The second kappa shape index (κ2) is 8.02. The first kappa shape index (κ1) is 21.5. The second-order valence-corrected chi connectivity index (χ2v) is 9.89. The monoisotopic (exact) mass is 454 g/mol. The molecule has 2 aliphatic rings. The van der Waals surface area contributed by atoms with Crippen molar-refractivity contribution in [3.05, 3.63) is 132 Å². The third kappa shape index (κ3) is 3.17. The van der Waals surface area contributed by atoms with Crippen LogP contribution in [0.25, 0.3) is 10.8 Å². The molecule has 170 valence electrons. The predicted octanol–water partition coefficient (Wildman–Crippen LogP) is 7.33. The number of benzene rings is 4. The Labute approximate surface area is 207 Å². The van der Waals surface area contributed by atoms with Crippen molar-refractivity contribution in [2.24, 2.45) is 0 Å². The summed E-state index contributed by atoms with van der Waals surface area (Å²) in [6, 6.07) is 31.3. The van der Waals surface area contributed by atoms with Gasteiger partial charge in [-0.2, -0.15) is 0 Å². The summed E-state index contributed by atoms with van der Waals surface area (Å²) in [7, 11) is 0. The van der Waals surface area contributed by atoms with E-state index in [1.807, 2.05) is 12.2 Å². The van der Waals surface area contributed by atoms with Crippen molar-refractivity contribution in [3.8, 4) is 0 Å². The fourth-order valence-corrected chi connectivity index (χ4v) is 5.88. The molecule has 4 aromatic rings. The molecule has 0 N–H and O–H groups in total. The summed E-state index contributed by atoms with van der Waals surface area (Å²) < 4.78 is 5.04. The molecule has 0 fully saturated rings. The van der Waals surface area contributed by atoms with Gasteiger partial charge in [0, 0.05) is 29.7 Å². The van der Waals surface area contributed by atoms with Crippen LogP contribution in [0, 0.1) is 0 Å². The van der Waals surface area contributed by atoms with E-state index in [-0.39, 0.29) is 5.66 Å². The van der Waals surface area contributed by atoms with E-state index < -0.39 is 0 Å². The van der Waals surface area contributed by atoms with Gasteiger partial charge in [-0.3, -0.25) is 0 Å². The number of nitrogens with zero attached hydrogens (tertiary/aromatic N) is 2. The van der Waals surface area contributed by atoms with Crippen molar-refractivity contribution in [2.45, 2.75) is 32.4 Å². The Hall–Kier alpha value is -4.04. The van der Waals surface area contributed by atoms with Crippen LogP contribution in [0.1, 0.15) is 36.1 Å². The van der Waals surface area contributed by atoms with Gasteiger partial charge >= 0.3 is 5.66 Å². The van der Waals surface area contributed by atoms with Gasteiger partial charge in [-0.1, -0.05) is 60.7 Å². The van der Waals surface area contributed by atoms with Gasteiger partial charge in [-0.15, -0.1) is 22.3 Å². The quantitative estimate of drug-likeness (QED) is 0.213. The van der Waals surface area contributed by atoms with Crippen molar-refractivity contribution < 1.29 is 9.15 Å². The highest BCUT2D eigenvalue weighted by molar-refractivity contribution is 6.58. The normalized spacial score (nSPS) is 15.6. The number of rotatable bonds is 6. The summed E-state index contributed by atoms with van der Waals surface area (Å²) in [4.78, 5) is 0. The molecular formula is C33H30N2+2. The highest BCUT2D eigenvalue weighted by atomic mass is 15.3. The lowest BCUT2D eigenvalue weighted by Crippen LogP contribution is -2.40. The van der Waals surface area contributed by atoms with Gasteiger partial charge in [0.15, 0.2) is 0 Å². The third-order valence-electron chi connectivity index (χ3n) is 7.33. The molecular weight excluding hydrogens is 424 g/mol. The summed E-state index contributed by atoms with van der Waals surface area (Å²) in [5.41, 5.74) is 9.84. The molecule has 0 saturated heterocycles. The van der Waals surface area contributed by atoms with Gasteiger partial charge in [0.2, 0.25) is 11.4 Å². The molecule has 0 amide bonds. The topological polar surface area (TPSA) is 6.02 Å². The summed E-state index contributed by atoms with van der Waals surface area (Å²) in [6.07, 6.45) is 5.68. The molecule has 4 aromatic carbocycles. The smallest absolute Gasteiger partial charge is 0.121 e. The Morgan fingerprint density at radius 2 is 1.06 bits per heavy atom. The van der Waals surface area contributed by atoms with E-state index in [0.29, 0.717) is 0 Å². The fourth-order valence-electron chi connectivity index (χ4n) is 5.88. The SMILES string of the molecule is C=CCc1ccc([N+]2=C3C(=[N+](c4ccc(CC=C)cc4)C2(C)C)c2cccc4cccc3c24)cc1. The summed E-state index contributed by atoms with van der Waals surface area (Å²) in [5.74, 6) is 0. The molecule has 6 rings (SSSR count). The molecule has 0 aromatic heterocycles. The van der Waals surface area contributed by atoms with E-state index in [1.54, 1.807) is 0 Å². The Balaban J connectivity index is 1.64. The van der Waals surface area contributed by atoms with E-state index in [0.717, 1.165) is 12.8 Å². The lowest BCUT2D eigenvalue weighted by atomic mass is 10.0. The maximum Gasteiger partial charge on any atom is 0.357 e. The van der Waals surface area contributed by atoms with Gasteiger partial charge in [-0.05, 0) is 41.5 Å². The average Bonchev–Trinajstić information content (AvgIpc) is 3.30. The first-order valence-electron chi connectivity index (χ1n) is 12.3. The largest absolute Gasteiger partial charge is 0.357 e. The summed E-state index contributed by atoms with van der Waals surface area (Å²) in [6.45, 7) is 12.4. The highest BCUT2D eigenvalue weighted by Gasteiger charge is 2.59. The Morgan fingerprint density at radius 1 is 0.629 bits per heavy atom. The molecule has 0 saturated carbocycles. The van der Waals surface area contributed by atoms with E-state index >= 15 is 0 Å². The van der Waals surface area contributed by atoms with Crippen molar-refractivity contribution in [2.75, 3.05) is 0 Å². The first-order valence-corrected chi connectivity index (χ1v) is 12.3. The van der Waals surface area contributed by atoms with Crippen LogP contribution in [0.5, 0.6) is 0 Å². The maximum atomic E-state index is 3.90. The van der Waals surface area contributed by atoms with Crippen LogP contribution >= 0.6 is 0 Å². The molecule has 0 spiro atoms. The van der Waals surface area contributed by atoms with Gasteiger partial charge in [0.1, 0.15) is 0 Å². The molecule has 35 heavy (non-hydrogen) atoms. The fraction of sp³-hybridized carbons (Fsp3) is 0.152. The van der Waals surface area contributed by atoms with E-state index in [4.69, 9.17) is 0 Å².